The molecule has 106 valence electrons. The first kappa shape index (κ1) is 16.3. The first-order chi connectivity index (χ1) is 9.02. The summed E-state index contributed by atoms with van der Waals surface area (Å²) in [6.07, 6.45) is 2.31. The van der Waals surface area contributed by atoms with Crippen molar-refractivity contribution in [3.8, 4) is 0 Å². The second-order valence-electron chi connectivity index (χ2n) is 3.73. The van der Waals surface area contributed by atoms with Crippen LogP contribution in [0.3, 0.4) is 0 Å². The smallest absolute Gasteiger partial charge is 0.326 e. The van der Waals surface area contributed by atoms with Crippen LogP contribution in [0.5, 0.6) is 0 Å². The summed E-state index contributed by atoms with van der Waals surface area (Å²) in [5.74, 6) is -0.321. The fraction of sp³-hybridized carbons (Fsp3) is 0.455. The molecule has 19 heavy (non-hydrogen) atoms. The summed E-state index contributed by atoms with van der Waals surface area (Å²) in [5.41, 5.74) is 0. The van der Waals surface area contributed by atoms with Gasteiger partial charge >= 0.3 is 12.0 Å². The third-order valence-electron chi connectivity index (χ3n) is 2.26. The number of rotatable bonds is 7. The third-order valence-corrected chi connectivity index (χ3v) is 4.60. The molecule has 1 heterocycles. The molecule has 0 radical (unpaired) electrons. The van der Waals surface area contributed by atoms with Crippen LogP contribution in [-0.2, 0) is 11.3 Å². The molecule has 0 spiro atoms. The van der Waals surface area contributed by atoms with Gasteiger partial charge in [0.2, 0.25) is 0 Å². The Balaban J connectivity index is 2.37. The topological polar surface area (TPSA) is 78.4 Å². The Kier molecular flexibility index (Phi) is 7.25. The molecule has 0 aromatic carbocycles. The lowest BCUT2D eigenvalue weighted by atomic mass is 10.2. The van der Waals surface area contributed by atoms with E-state index in [4.69, 9.17) is 5.11 Å². The normalized spacial score (nSPS) is 11.9. The number of carbonyl (C=O) groups is 2. The first-order valence-electron chi connectivity index (χ1n) is 5.52. The molecule has 0 aliphatic rings. The van der Waals surface area contributed by atoms with E-state index in [0.717, 1.165) is 9.35 Å². The third kappa shape index (κ3) is 6.31. The zero-order valence-electron chi connectivity index (χ0n) is 10.3. The molecule has 0 aliphatic carbocycles. The van der Waals surface area contributed by atoms with Gasteiger partial charge in [-0.1, -0.05) is 0 Å². The number of nitrogens with one attached hydrogen (secondary N) is 2. The molecule has 0 bridgehead atoms. The predicted molar refractivity (Wildman–Crippen MR) is 81.8 cm³/mol. The number of hydrogen-bond acceptors (Lipinski definition) is 4. The zero-order valence-corrected chi connectivity index (χ0v) is 13.5. The molecule has 0 unspecified atom stereocenters. The number of amides is 2. The lowest BCUT2D eigenvalue weighted by Crippen LogP contribution is -2.46. The highest BCUT2D eigenvalue weighted by atomic mass is 79.9. The van der Waals surface area contributed by atoms with E-state index in [2.05, 4.69) is 26.6 Å². The van der Waals surface area contributed by atoms with Gasteiger partial charge in [-0.2, -0.15) is 11.8 Å². The second kappa shape index (κ2) is 8.44. The van der Waals surface area contributed by atoms with Gasteiger partial charge in [0.05, 0.1) is 6.54 Å². The number of halogens is 1. The molecular weight excluding hydrogens is 352 g/mol. The Morgan fingerprint density at radius 2 is 2.32 bits per heavy atom. The zero-order chi connectivity index (χ0) is 14.3. The van der Waals surface area contributed by atoms with Gasteiger partial charge in [-0.05, 0) is 40.4 Å². The number of thioether (sulfide) groups is 1. The Labute approximate surface area is 128 Å². The standard InChI is InChI=1S/C11H15BrN2O3S2/c1-18-3-2-9(10(15)16)14-11(17)13-5-8-4-7(12)6-19-8/h4,6,9H,2-3,5H2,1H3,(H,15,16)(H2,13,14,17)/t9-/m0/s1. The molecule has 0 saturated heterocycles. The largest absolute Gasteiger partial charge is 0.480 e. The summed E-state index contributed by atoms with van der Waals surface area (Å²) in [4.78, 5) is 23.6. The highest BCUT2D eigenvalue weighted by Gasteiger charge is 2.19. The molecule has 0 fully saturated rings. The van der Waals surface area contributed by atoms with E-state index < -0.39 is 18.0 Å². The van der Waals surface area contributed by atoms with Crippen LogP contribution in [-0.4, -0.2) is 35.2 Å². The van der Waals surface area contributed by atoms with Crippen molar-refractivity contribution in [1.29, 1.82) is 0 Å². The van der Waals surface area contributed by atoms with Gasteiger partial charge in [0.25, 0.3) is 0 Å². The second-order valence-corrected chi connectivity index (χ2v) is 6.63. The summed E-state index contributed by atoms with van der Waals surface area (Å²) in [6, 6.07) is 0.605. The predicted octanol–water partition coefficient (Wildman–Crippen LogP) is 2.52. The number of carboxylic acids is 1. The van der Waals surface area contributed by atoms with E-state index >= 15 is 0 Å². The molecule has 1 atom stereocenters. The maximum absolute atomic E-state index is 11.6. The number of hydrogen-bond donors (Lipinski definition) is 3. The molecule has 1 rings (SSSR count). The van der Waals surface area contributed by atoms with Crippen LogP contribution in [0.4, 0.5) is 4.79 Å². The number of aliphatic carboxylic acids is 1. The fourth-order valence-electron chi connectivity index (χ4n) is 1.32. The van der Waals surface area contributed by atoms with Crippen LogP contribution < -0.4 is 10.6 Å². The van der Waals surface area contributed by atoms with Crippen molar-refractivity contribution in [3.63, 3.8) is 0 Å². The van der Waals surface area contributed by atoms with Crippen molar-refractivity contribution in [2.24, 2.45) is 0 Å². The van der Waals surface area contributed by atoms with Crippen LogP contribution in [0, 0.1) is 0 Å². The van der Waals surface area contributed by atoms with Gasteiger partial charge in [-0.15, -0.1) is 11.3 Å². The van der Waals surface area contributed by atoms with Crippen LogP contribution in [0.15, 0.2) is 15.9 Å². The lowest BCUT2D eigenvalue weighted by molar-refractivity contribution is -0.139. The average molecular weight is 367 g/mol. The van der Waals surface area contributed by atoms with Gasteiger partial charge in [-0.3, -0.25) is 0 Å². The number of carbonyl (C=O) groups excluding carboxylic acids is 1. The molecule has 1 aromatic rings. The summed E-state index contributed by atoms with van der Waals surface area (Å²) in [5, 5.41) is 16.0. The van der Waals surface area contributed by atoms with Crippen LogP contribution >= 0.6 is 39.0 Å². The maximum Gasteiger partial charge on any atom is 0.326 e. The van der Waals surface area contributed by atoms with E-state index in [9.17, 15) is 9.59 Å². The van der Waals surface area contributed by atoms with Gasteiger partial charge < -0.3 is 15.7 Å². The summed E-state index contributed by atoms with van der Waals surface area (Å²) in [6.45, 7) is 0.386. The molecule has 0 saturated carbocycles. The maximum atomic E-state index is 11.6. The molecule has 5 nitrogen and oxygen atoms in total. The van der Waals surface area contributed by atoms with Crippen molar-refractivity contribution in [1.82, 2.24) is 10.6 Å². The van der Waals surface area contributed by atoms with Crippen LogP contribution in [0.2, 0.25) is 0 Å². The fourth-order valence-corrected chi connectivity index (χ4v) is 3.18. The van der Waals surface area contributed by atoms with Crippen LogP contribution in [0.25, 0.3) is 0 Å². The highest BCUT2D eigenvalue weighted by molar-refractivity contribution is 9.10. The average Bonchev–Trinajstić information content (AvgIpc) is 2.77. The van der Waals surface area contributed by atoms with Gasteiger partial charge in [0.1, 0.15) is 6.04 Å². The van der Waals surface area contributed by atoms with E-state index in [-0.39, 0.29) is 0 Å². The van der Waals surface area contributed by atoms with E-state index in [1.54, 1.807) is 11.8 Å². The highest BCUT2D eigenvalue weighted by Crippen LogP contribution is 2.19. The molecule has 3 N–H and O–H groups in total. The molecule has 8 heteroatoms. The van der Waals surface area contributed by atoms with E-state index in [0.29, 0.717) is 18.7 Å². The first-order valence-corrected chi connectivity index (χ1v) is 8.58. The lowest BCUT2D eigenvalue weighted by Gasteiger charge is -2.14. The number of thiophene rings is 1. The Morgan fingerprint density at radius 1 is 1.58 bits per heavy atom. The van der Waals surface area contributed by atoms with Crippen molar-refractivity contribution < 1.29 is 14.7 Å². The van der Waals surface area contributed by atoms with Crippen molar-refractivity contribution in [2.75, 3.05) is 12.0 Å². The van der Waals surface area contributed by atoms with Crippen molar-refractivity contribution in [3.05, 3.63) is 20.8 Å². The Morgan fingerprint density at radius 3 is 2.84 bits per heavy atom. The number of carboxylic acid groups (broad SMARTS) is 1. The van der Waals surface area contributed by atoms with Gasteiger partial charge in [0, 0.05) is 14.7 Å². The minimum absolute atomic E-state index is 0.386. The molecule has 0 aliphatic heterocycles. The Bertz CT molecular complexity index is 439. The molecular formula is C11H15BrN2O3S2. The SMILES string of the molecule is CSCC[C@H](NC(=O)NCc1cc(Br)cs1)C(=O)O. The van der Waals surface area contributed by atoms with Crippen molar-refractivity contribution in [2.45, 2.75) is 19.0 Å². The molecule has 1 aromatic heterocycles. The van der Waals surface area contributed by atoms with Crippen LogP contribution in [0.1, 0.15) is 11.3 Å². The summed E-state index contributed by atoms with van der Waals surface area (Å²) >= 11 is 6.40. The quantitative estimate of drug-likeness (QED) is 0.692. The minimum Gasteiger partial charge on any atom is -0.480 e. The van der Waals surface area contributed by atoms with E-state index in [1.165, 1.54) is 11.3 Å². The van der Waals surface area contributed by atoms with Gasteiger partial charge in [-0.25, -0.2) is 9.59 Å². The summed E-state index contributed by atoms with van der Waals surface area (Å²) in [7, 11) is 0. The van der Waals surface area contributed by atoms with Crippen molar-refractivity contribution >= 4 is 51.0 Å². The monoisotopic (exact) mass is 366 g/mol. The van der Waals surface area contributed by atoms with Gasteiger partial charge in [0.15, 0.2) is 0 Å². The number of urea groups is 1. The molecule has 2 amide bonds. The van der Waals surface area contributed by atoms with E-state index in [1.807, 2.05) is 17.7 Å². The Hall–Kier alpha value is -0.730. The summed E-state index contributed by atoms with van der Waals surface area (Å²) < 4.78 is 0.970. The minimum atomic E-state index is -1.01.